The first-order valence-corrected chi connectivity index (χ1v) is 10.3. The molecule has 2 aromatic rings. The van der Waals surface area contributed by atoms with Gasteiger partial charge in [0.15, 0.2) is 6.61 Å². The molecule has 27 heavy (non-hydrogen) atoms. The summed E-state index contributed by atoms with van der Waals surface area (Å²) in [7, 11) is 0. The van der Waals surface area contributed by atoms with Crippen LogP contribution in [0.1, 0.15) is 5.56 Å². The highest BCUT2D eigenvalue weighted by atomic mass is 79.9. The minimum absolute atomic E-state index is 0.00340. The molecule has 0 aliphatic carbocycles. The van der Waals surface area contributed by atoms with Gasteiger partial charge in [0, 0.05) is 23.8 Å². The monoisotopic (exact) mass is 514 g/mol. The van der Waals surface area contributed by atoms with Gasteiger partial charge in [-0.05, 0) is 73.8 Å². The third-order valence-corrected chi connectivity index (χ3v) is 5.79. The minimum Gasteiger partial charge on any atom is -0.483 e. The Labute approximate surface area is 179 Å². The lowest BCUT2D eigenvalue weighted by atomic mass is 10.2. The first-order valence-electron chi connectivity index (χ1n) is 8.30. The van der Waals surface area contributed by atoms with Crippen molar-refractivity contribution < 1.29 is 14.3 Å². The third-order valence-electron chi connectivity index (χ3n) is 3.94. The molecule has 8 heteroatoms. The second kappa shape index (κ2) is 9.68. The lowest BCUT2D eigenvalue weighted by molar-refractivity contribution is -0.137. The Morgan fingerprint density at radius 3 is 2.67 bits per heavy atom. The quantitative estimate of drug-likeness (QED) is 0.534. The molecule has 0 N–H and O–H groups in total. The van der Waals surface area contributed by atoms with Gasteiger partial charge in [0.25, 0.3) is 5.91 Å². The van der Waals surface area contributed by atoms with Gasteiger partial charge < -0.3 is 14.4 Å². The van der Waals surface area contributed by atoms with Crippen LogP contribution in [0.4, 0.5) is 5.69 Å². The summed E-state index contributed by atoms with van der Waals surface area (Å²) in [4.78, 5) is 18.3. The number of ether oxygens (including phenoxy) is 2. The van der Waals surface area contributed by atoms with Crippen LogP contribution in [0.3, 0.4) is 0 Å². The van der Waals surface area contributed by atoms with Gasteiger partial charge in [-0.1, -0.05) is 11.6 Å². The maximum atomic E-state index is 12.2. The van der Waals surface area contributed by atoms with Crippen LogP contribution in [0.25, 0.3) is 0 Å². The summed E-state index contributed by atoms with van der Waals surface area (Å²) in [5.74, 6) is 0.573. The number of hydrogen-bond acceptors (Lipinski definition) is 4. The number of halogens is 3. The average molecular weight is 517 g/mol. The average Bonchev–Trinajstić information content (AvgIpc) is 2.68. The molecular weight excluding hydrogens is 499 g/mol. The van der Waals surface area contributed by atoms with Crippen molar-refractivity contribution in [3.8, 4) is 5.75 Å². The number of nitrogens with zero attached hydrogens (tertiary/aromatic N) is 2. The second-order valence-corrected chi connectivity index (χ2v) is 7.94. The Balaban J connectivity index is 1.60. The van der Waals surface area contributed by atoms with Crippen molar-refractivity contribution in [2.24, 2.45) is 4.99 Å². The van der Waals surface area contributed by atoms with E-state index in [-0.39, 0.29) is 12.5 Å². The predicted molar refractivity (Wildman–Crippen MR) is 113 cm³/mol. The summed E-state index contributed by atoms with van der Waals surface area (Å²) in [5.41, 5.74) is 1.66. The largest absolute Gasteiger partial charge is 0.483 e. The summed E-state index contributed by atoms with van der Waals surface area (Å²) in [6.45, 7) is 2.38. The van der Waals surface area contributed by atoms with Crippen molar-refractivity contribution in [1.82, 2.24) is 4.90 Å². The van der Waals surface area contributed by atoms with E-state index in [4.69, 9.17) is 21.1 Å². The molecule has 0 aromatic heterocycles. The van der Waals surface area contributed by atoms with Crippen LogP contribution < -0.4 is 4.74 Å². The zero-order valence-corrected chi connectivity index (χ0v) is 18.3. The molecular formula is C19H17Br2ClN2O3. The molecule has 2 aromatic carbocycles. The molecule has 1 fully saturated rings. The number of morpholine rings is 1. The molecule has 1 aliphatic rings. The van der Waals surface area contributed by atoms with Crippen molar-refractivity contribution in [1.29, 1.82) is 0 Å². The maximum Gasteiger partial charge on any atom is 0.260 e. The molecule has 0 bridgehead atoms. The van der Waals surface area contributed by atoms with Gasteiger partial charge in [-0.25, -0.2) is 0 Å². The smallest absolute Gasteiger partial charge is 0.260 e. The van der Waals surface area contributed by atoms with Crippen molar-refractivity contribution in [2.45, 2.75) is 0 Å². The molecule has 0 saturated carbocycles. The van der Waals surface area contributed by atoms with E-state index >= 15 is 0 Å². The summed E-state index contributed by atoms with van der Waals surface area (Å²) >= 11 is 12.9. The van der Waals surface area contributed by atoms with E-state index in [1.807, 2.05) is 30.3 Å². The molecule has 1 saturated heterocycles. The summed E-state index contributed by atoms with van der Waals surface area (Å²) in [6.07, 6.45) is 1.74. The van der Waals surface area contributed by atoms with E-state index in [1.165, 1.54) is 0 Å². The first-order chi connectivity index (χ1) is 13.0. The molecule has 3 rings (SSSR count). The van der Waals surface area contributed by atoms with Crippen molar-refractivity contribution in [2.75, 3.05) is 32.9 Å². The molecule has 5 nitrogen and oxygen atoms in total. The standard InChI is InChI=1S/C19H17Br2ClN2O3/c20-15-3-2-14(10-17(15)22)23-11-13-1-4-18(16(21)9-13)27-12-19(25)24-5-7-26-8-6-24/h1-4,9-11H,5-8,12H2. The van der Waals surface area contributed by atoms with Gasteiger partial charge in [-0.2, -0.15) is 0 Å². The SMILES string of the molecule is O=C(COc1ccc(C=Nc2ccc(Br)c(Cl)c2)cc1Br)N1CCOCC1. The molecule has 0 radical (unpaired) electrons. The molecule has 0 unspecified atom stereocenters. The summed E-state index contributed by atoms with van der Waals surface area (Å²) < 4.78 is 12.5. The fourth-order valence-electron chi connectivity index (χ4n) is 2.47. The normalized spacial score (nSPS) is 14.6. The van der Waals surface area contributed by atoms with E-state index in [2.05, 4.69) is 36.9 Å². The second-order valence-electron chi connectivity index (χ2n) is 5.83. The van der Waals surface area contributed by atoms with Gasteiger partial charge in [0.1, 0.15) is 5.75 Å². The molecule has 1 heterocycles. The first kappa shape index (κ1) is 20.3. The summed E-state index contributed by atoms with van der Waals surface area (Å²) in [6, 6.07) is 11.1. The Bertz CT molecular complexity index is 855. The predicted octanol–water partition coefficient (Wildman–Crippen LogP) is 4.85. The summed E-state index contributed by atoms with van der Waals surface area (Å²) in [5, 5.41) is 0.611. The Morgan fingerprint density at radius 2 is 1.96 bits per heavy atom. The lowest BCUT2D eigenvalue weighted by Gasteiger charge is -2.26. The van der Waals surface area contributed by atoms with Crippen LogP contribution in [0.5, 0.6) is 5.75 Å². The highest BCUT2D eigenvalue weighted by molar-refractivity contribution is 9.10. The van der Waals surface area contributed by atoms with Crippen LogP contribution in [0.15, 0.2) is 50.3 Å². The third kappa shape index (κ3) is 5.78. The molecule has 0 atom stereocenters. The molecule has 1 amide bonds. The number of carbonyl (C=O) groups is 1. The lowest BCUT2D eigenvalue weighted by Crippen LogP contribution is -2.43. The van der Waals surface area contributed by atoms with Crippen molar-refractivity contribution in [3.05, 3.63) is 55.9 Å². The van der Waals surface area contributed by atoms with Crippen LogP contribution in [0.2, 0.25) is 5.02 Å². The zero-order valence-electron chi connectivity index (χ0n) is 14.3. The highest BCUT2D eigenvalue weighted by Gasteiger charge is 2.17. The van der Waals surface area contributed by atoms with Crippen LogP contribution in [-0.2, 0) is 9.53 Å². The maximum absolute atomic E-state index is 12.2. The van der Waals surface area contributed by atoms with Crippen LogP contribution in [-0.4, -0.2) is 49.9 Å². The fourth-order valence-corrected chi connectivity index (χ4v) is 3.40. The molecule has 142 valence electrons. The topological polar surface area (TPSA) is 51.1 Å². The highest BCUT2D eigenvalue weighted by Crippen LogP contribution is 2.28. The number of amides is 1. The van der Waals surface area contributed by atoms with Gasteiger partial charge in [0.2, 0.25) is 0 Å². The number of benzene rings is 2. The number of hydrogen-bond donors (Lipinski definition) is 0. The Kier molecular flexibility index (Phi) is 7.29. The van der Waals surface area contributed by atoms with Gasteiger partial charge in [0.05, 0.1) is 28.4 Å². The van der Waals surface area contributed by atoms with Crippen molar-refractivity contribution >= 4 is 61.3 Å². The van der Waals surface area contributed by atoms with E-state index < -0.39 is 0 Å². The number of carbonyl (C=O) groups excluding carboxylic acids is 1. The van der Waals surface area contributed by atoms with Gasteiger partial charge in [-0.15, -0.1) is 0 Å². The van der Waals surface area contributed by atoms with Gasteiger partial charge in [-0.3, -0.25) is 9.79 Å². The van der Waals surface area contributed by atoms with Crippen LogP contribution in [0, 0.1) is 0 Å². The fraction of sp³-hybridized carbons (Fsp3) is 0.263. The van der Waals surface area contributed by atoms with E-state index in [9.17, 15) is 4.79 Å². The minimum atomic E-state index is -0.0389. The Hall–Kier alpha value is -1.41. The van der Waals surface area contributed by atoms with E-state index in [1.54, 1.807) is 17.2 Å². The molecule has 1 aliphatic heterocycles. The number of aliphatic imine (C=N–C) groups is 1. The van der Waals surface area contributed by atoms with E-state index in [0.717, 1.165) is 20.2 Å². The molecule has 0 spiro atoms. The van der Waals surface area contributed by atoms with Crippen LogP contribution >= 0.6 is 43.5 Å². The van der Waals surface area contributed by atoms with Gasteiger partial charge >= 0.3 is 0 Å². The van der Waals surface area contributed by atoms with E-state index in [0.29, 0.717) is 37.1 Å². The van der Waals surface area contributed by atoms with Crippen molar-refractivity contribution in [3.63, 3.8) is 0 Å². The number of rotatable bonds is 5. The zero-order chi connectivity index (χ0) is 19.2. The Morgan fingerprint density at radius 1 is 1.19 bits per heavy atom.